The maximum Gasteiger partial charge on any atom is 0.128 e. The molecule has 0 bridgehead atoms. The number of benzene rings is 2. The quantitative estimate of drug-likeness (QED) is 0.711. The Balaban J connectivity index is 2.19. The molecule has 3 aromatic rings. The molecule has 0 unspecified atom stereocenters. The van der Waals surface area contributed by atoms with E-state index in [0.29, 0.717) is 10.6 Å². The van der Waals surface area contributed by atoms with Crippen LogP contribution in [-0.2, 0) is 0 Å². The third kappa shape index (κ3) is 2.00. The molecule has 0 atom stereocenters. The van der Waals surface area contributed by atoms with E-state index in [1.807, 2.05) is 6.07 Å². The summed E-state index contributed by atoms with van der Waals surface area (Å²) in [5.74, 6) is -0.123. The first kappa shape index (κ1) is 11.6. The van der Waals surface area contributed by atoms with Crippen molar-refractivity contribution in [3.63, 3.8) is 0 Å². The van der Waals surface area contributed by atoms with Crippen molar-refractivity contribution >= 4 is 37.5 Å². The number of hydrogen-bond acceptors (Lipinski definition) is 3. The first-order valence-corrected chi connectivity index (χ1v) is 6.79. The lowest BCUT2D eigenvalue weighted by Gasteiger charge is -2.00. The number of rotatable bonds is 1. The fourth-order valence-electron chi connectivity index (χ4n) is 1.70. The minimum atomic E-state index is -0.280. The van der Waals surface area contributed by atoms with E-state index in [0.717, 1.165) is 14.7 Å². The highest BCUT2D eigenvalue weighted by Gasteiger charge is 2.11. The molecule has 2 nitrogen and oxygen atoms in total. The summed E-state index contributed by atoms with van der Waals surface area (Å²) < 4.78 is 14.7. The molecule has 0 fully saturated rings. The molecule has 1 N–H and O–H groups in total. The third-order valence-corrected chi connectivity index (χ3v) is 4.09. The number of aromatic hydroxyl groups is 1. The van der Waals surface area contributed by atoms with Gasteiger partial charge in [-0.3, -0.25) is 0 Å². The summed E-state index contributed by atoms with van der Waals surface area (Å²) >= 11 is 4.64. The largest absolute Gasteiger partial charge is 0.507 e. The monoisotopic (exact) mass is 323 g/mol. The van der Waals surface area contributed by atoms with Crippen LogP contribution in [0.5, 0.6) is 5.75 Å². The number of phenolic OH excluding ortho intramolecular Hbond substituents is 1. The number of nitrogens with zero attached hydrogens (tertiary/aromatic N) is 1. The van der Waals surface area contributed by atoms with Crippen LogP contribution in [0.1, 0.15) is 0 Å². The van der Waals surface area contributed by atoms with Gasteiger partial charge in [-0.15, -0.1) is 11.3 Å². The number of fused-ring (bicyclic) bond motifs is 1. The van der Waals surface area contributed by atoms with Gasteiger partial charge in [0.05, 0.1) is 15.8 Å². The summed E-state index contributed by atoms with van der Waals surface area (Å²) in [6.45, 7) is 0. The van der Waals surface area contributed by atoms with Crippen molar-refractivity contribution in [1.29, 1.82) is 0 Å². The maximum absolute atomic E-state index is 13.1. The molecule has 0 spiro atoms. The predicted octanol–water partition coefficient (Wildman–Crippen LogP) is 4.57. The maximum atomic E-state index is 13.1. The van der Waals surface area contributed by atoms with Crippen molar-refractivity contribution in [2.45, 2.75) is 0 Å². The van der Waals surface area contributed by atoms with Crippen LogP contribution in [0.4, 0.5) is 4.39 Å². The van der Waals surface area contributed by atoms with Crippen molar-refractivity contribution < 1.29 is 9.50 Å². The smallest absolute Gasteiger partial charge is 0.128 e. The van der Waals surface area contributed by atoms with Crippen LogP contribution in [0, 0.1) is 5.82 Å². The van der Waals surface area contributed by atoms with Crippen molar-refractivity contribution in [2.24, 2.45) is 0 Å². The van der Waals surface area contributed by atoms with E-state index in [9.17, 15) is 9.50 Å². The Bertz CT molecular complexity index is 741. The van der Waals surface area contributed by atoms with E-state index in [2.05, 4.69) is 20.9 Å². The highest BCUT2D eigenvalue weighted by Crippen LogP contribution is 2.36. The SMILES string of the molecule is Oc1cc(Br)ccc1-c1nc2ccc(F)cc2s1. The minimum absolute atomic E-state index is 0.156. The van der Waals surface area contributed by atoms with E-state index in [1.54, 1.807) is 18.2 Å². The van der Waals surface area contributed by atoms with Crippen LogP contribution in [0.15, 0.2) is 40.9 Å². The summed E-state index contributed by atoms with van der Waals surface area (Å²) in [6, 6.07) is 9.71. The van der Waals surface area contributed by atoms with Gasteiger partial charge in [-0.05, 0) is 36.4 Å². The van der Waals surface area contributed by atoms with Crippen LogP contribution in [-0.4, -0.2) is 10.1 Å². The molecule has 3 rings (SSSR count). The molecule has 0 radical (unpaired) electrons. The van der Waals surface area contributed by atoms with E-state index >= 15 is 0 Å². The molecular formula is C13H7BrFNOS. The molecule has 0 aliphatic heterocycles. The Morgan fingerprint density at radius 1 is 1.17 bits per heavy atom. The summed E-state index contributed by atoms with van der Waals surface area (Å²) in [4.78, 5) is 4.39. The fourth-order valence-corrected chi connectivity index (χ4v) is 3.07. The Hall–Kier alpha value is -1.46. The topological polar surface area (TPSA) is 33.1 Å². The van der Waals surface area contributed by atoms with Gasteiger partial charge < -0.3 is 5.11 Å². The molecule has 0 aliphatic carbocycles. The first-order valence-electron chi connectivity index (χ1n) is 5.18. The average Bonchev–Trinajstić information content (AvgIpc) is 2.71. The molecule has 0 saturated heterocycles. The second-order valence-corrected chi connectivity index (χ2v) is 5.74. The van der Waals surface area contributed by atoms with Gasteiger partial charge in [0, 0.05) is 4.47 Å². The zero-order valence-corrected chi connectivity index (χ0v) is 11.4. The number of thiazole rings is 1. The molecule has 1 heterocycles. The van der Waals surface area contributed by atoms with Gasteiger partial charge in [0.15, 0.2) is 0 Å². The van der Waals surface area contributed by atoms with E-state index in [4.69, 9.17) is 0 Å². The number of aromatic nitrogens is 1. The number of hydrogen-bond donors (Lipinski definition) is 1. The zero-order chi connectivity index (χ0) is 12.7. The highest BCUT2D eigenvalue weighted by atomic mass is 79.9. The van der Waals surface area contributed by atoms with Gasteiger partial charge in [-0.1, -0.05) is 15.9 Å². The third-order valence-electron chi connectivity index (χ3n) is 2.54. The highest BCUT2D eigenvalue weighted by molar-refractivity contribution is 9.10. The molecule has 90 valence electrons. The van der Waals surface area contributed by atoms with Gasteiger partial charge in [-0.25, -0.2) is 9.37 Å². The van der Waals surface area contributed by atoms with Gasteiger partial charge in [0.2, 0.25) is 0 Å². The first-order chi connectivity index (χ1) is 8.63. The van der Waals surface area contributed by atoms with Crippen LogP contribution >= 0.6 is 27.3 Å². The van der Waals surface area contributed by atoms with Crippen LogP contribution < -0.4 is 0 Å². The van der Waals surface area contributed by atoms with Gasteiger partial charge in [-0.2, -0.15) is 0 Å². The second kappa shape index (κ2) is 4.33. The predicted molar refractivity (Wildman–Crippen MR) is 74.4 cm³/mol. The van der Waals surface area contributed by atoms with Gasteiger partial charge >= 0.3 is 0 Å². The lowest BCUT2D eigenvalue weighted by Crippen LogP contribution is -1.77. The Labute approximate surface area is 115 Å². The van der Waals surface area contributed by atoms with E-state index in [1.165, 1.54) is 23.5 Å². The zero-order valence-electron chi connectivity index (χ0n) is 9.02. The molecule has 0 saturated carbocycles. The molecule has 18 heavy (non-hydrogen) atoms. The van der Waals surface area contributed by atoms with Crippen molar-refractivity contribution in [1.82, 2.24) is 4.98 Å². The van der Waals surface area contributed by atoms with Crippen LogP contribution in [0.2, 0.25) is 0 Å². The standard InChI is InChI=1S/C13H7BrFNOS/c14-7-1-3-9(11(17)5-7)13-16-10-4-2-8(15)6-12(10)18-13/h1-6,17H. The van der Waals surface area contributed by atoms with E-state index in [-0.39, 0.29) is 11.6 Å². The molecule has 1 aromatic heterocycles. The molecule has 0 aliphatic rings. The molecular weight excluding hydrogens is 317 g/mol. The average molecular weight is 324 g/mol. The number of phenols is 1. The van der Waals surface area contributed by atoms with Crippen molar-refractivity contribution in [2.75, 3.05) is 0 Å². The normalized spacial score (nSPS) is 11.0. The Morgan fingerprint density at radius 2 is 2.00 bits per heavy atom. The summed E-state index contributed by atoms with van der Waals surface area (Å²) in [7, 11) is 0. The second-order valence-electron chi connectivity index (χ2n) is 3.79. The van der Waals surface area contributed by atoms with E-state index < -0.39 is 0 Å². The Kier molecular flexibility index (Phi) is 2.80. The van der Waals surface area contributed by atoms with Crippen molar-refractivity contribution in [3.05, 3.63) is 46.7 Å². The minimum Gasteiger partial charge on any atom is -0.507 e. The molecule has 2 aromatic carbocycles. The van der Waals surface area contributed by atoms with Crippen molar-refractivity contribution in [3.8, 4) is 16.3 Å². The summed E-state index contributed by atoms with van der Waals surface area (Å²) in [6.07, 6.45) is 0. The Morgan fingerprint density at radius 3 is 2.78 bits per heavy atom. The van der Waals surface area contributed by atoms with Crippen LogP contribution in [0.25, 0.3) is 20.8 Å². The van der Waals surface area contributed by atoms with Crippen LogP contribution in [0.3, 0.4) is 0 Å². The summed E-state index contributed by atoms with van der Waals surface area (Å²) in [5, 5.41) is 10.6. The van der Waals surface area contributed by atoms with Gasteiger partial charge in [0.25, 0.3) is 0 Å². The van der Waals surface area contributed by atoms with Gasteiger partial charge in [0.1, 0.15) is 16.6 Å². The summed E-state index contributed by atoms with van der Waals surface area (Å²) in [5.41, 5.74) is 1.39. The fraction of sp³-hybridized carbons (Fsp3) is 0. The lowest BCUT2D eigenvalue weighted by atomic mass is 10.2. The molecule has 0 amide bonds. The molecule has 5 heteroatoms. The lowest BCUT2D eigenvalue weighted by molar-refractivity contribution is 0.477. The number of halogens is 2.